The lowest BCUT2D eigenvalue weighted by atomic mass is 9.88. The molecule has 1 aromatic carbocycles. The average Bonchev–Trinajstić information content (AvgIpc) is 2.44. The summed E-state index contributed by atoms with van der Waals surface area (Å²) in [7, 11) is 0. The van der Waals surface area contributed by atoms with E-state index in [-0.39, 0.29) is 15.6 Å². The van der Waals surface area contributed by atoms with E-state index in [2.05, 4.69) is 0 Å². The average molecular weight is 394 g/mol. The maximum atomic E-state index is 12.9. The Morgan fingerprint density at radius 1 is 0.958 bits per heavy atom. The van der Waals surface area contributed by atoms with Gasteiger partial charge in [-0.25, -0.2) is 0 Å². The maximum Gasteiger partial charge on any atom is 0.393 e. The van der Waals surface area contributed by atoms with E-state index in [0.29, 0.717) is 4.90 Å². The monoisotopic (exact) mass is 393 g/mol. The number of carbonyl (C=O) groups is 1. The van der Waals surface area contributed by atoms with Crippen molar-refractivity contribution in [3.8, 4) is 0 Å². The van der Waals surface area contributed by atoms with Gasteiger partial charge in [-0.15, -0.1) is 0 Å². The number of rotatable bonds is 1. The molecule has 1 aliphatic rings. The number of nitrogens with zero attached hydrogens (tertiary/aromatic N) is 1. The number of alkyl halides is 6. The van der Waals surface area contributed by atoms with Crippen LogP contribution in [0.1, 0.15) is 16.8 Å². The van der Waals surface area contributed by atoms with E-state index in [0.717, 1.165) is 0 Å². The van der Waals surface area contributed by atoms with E-state index in [1.54, 1.807) is 0 Å². The topological polar surface area (TPSA) is 20.3 Å². The van der Waals surface area contributed by atoms with Crippen molar-refractivity contribution in [2.24, 2.45) is 11.8 Å². The summed E-state index contributed by atoms with van der Waals surface area (Å²) in [4.78, 5) is 12.9. The third-order valence-corrected chi connectivity index (χ3v) is 4.47. The number of hydrogen-bond acceptors (Lipinski definition) is 1. The first-order valence-corrected chi connectivity index (χ1v) is 7.53. The molecule has 0 radical (unpaired) electrons. The molecule has 1 saturated heterocycles. The Morgan fingerprint density at radius 3 is 1.75 bits per heavy atom. The van der Waals surface area contributed by atoms with Crippen LogP contribution in [-0.4, -0.2) is 36.2 Å². The highest BCUT2D eigenvalue weighted by molar-refractivity contribution is 6.39. The first kappa shape index (κ1) is 19.2. The lowest BCUT2D eigenvalue weighted by Crippen LogP contribution is -2.51. The van der Waals surface area contributed by atoms with Gasteiger partial charge in [0.2, 0.25) is 0 Å². The summed E-state index contributed by atoms with van der Waals surface area (Å²) in [5.41, 5.74) is -0.301. The molecule has 2 atom stereocenters. The number of piperidine rings is 1. The Morgan fingerprint density at radius 2 is 1.38 bits per heavy atom. The Kier molecular flexibility index (Phi) is 5.30. The fraction of sp³-hybridized carbons (Fsp3) is 0.500. The SMILES string of the molecule is O=C(c1c(Cl)cccc1Cl)N1C[C@H](C(F)(F)F)C[C@@H](C(F)(F)F)C1. The van der Waals surface area contributed by atoms with Crippen LogP contribution in [0.4, 0.5) is 26.3 Å². The molecule has 1 heterocycles. The lowest BCUT2D eigenvalue weighted by Gasteiger charge is -2.39. The highest BCUT2D eigenvalue weighted by atomic mass is 35.5. The molecule has 2 rings (SSSR count). The van der Waals surface area contributed by atoms with Gasteiger partial charge in [-0.2, -0.15) is 26.3 Å². The predicted octanol–water partition coefficient (Wildman–Crippen LogP) is 5.20. The zero-order valence-electron chi connectivity index (χ0n) is 11.9. The molecule has 0 unspecified atom stereocenters. The van der Waals surface area contributed by atoms with Crippen LogP contribution in [0.25, 0.3) is 0 Å². The van der Waals surface area contributed by atoms with Crippen molar-refractivity contribution >= 4 is 29.1 Å². The highest BCUT2D eigenvalue weighted by Crippen LogP contribution is 2.42. The smallest absolute Gasteiger partial charge is 0.337 e. The van der Waals surface area contributed by atoms with Crippen LogP contribution in [-0.2, 0) is 0 Å². The summed E-state index contributed by atoms with van der Waals surface area (Å²) in [6.07, 6.45) is -10.8. The van der Waals surface area contributed by atoms with Gasteiger partial charge in [-0.1, -0.05) is 29.3 Å². The summed E-state index contributed by atoms with van der Waals surface area (Å²) in [5, 5.41) is -0.268. The van der Waals surface area contributed by atoms with E-state index in [1.807, 2.05) is 0 Å². The van der Waals surface area contributed by atoms with Crippen LogP contribution < -0.4 is 0 Å². The second kappa shape index (κ2) is 6.63. The van der Waals surface area contributed by atoms with Crippen LogP contribution in [0.3, 0.4) is 0 Å². The molecule has 0 N–H and O–H groups in total. The second-order valence-electron chi connectivity index (χ2n) is 5.52. The fourth-order valence-corrected chi connectivity index (χ4v) is 3.16. The van der Waals surface area contributed by atoms with Crippen LogP contribution in [0.5, 0.6) is 0 Å². The third-order valence-electron chi connectivity index (χ3n) is 3.84. The fourth-order valence-electron chi connectivity index (χ4n) is 2.60. The van der Waals surface area contributed by atoms with Gasteiger partial charge in [0.05, 0.1) is 27.4 Å². The van der Waals surface area contributed by atoms with Gasteiger partial charge < -0.3 is 4.90 Å². The molecule has 1 aliphatic heterocycles. The highest BCUT2D eigenvalue weighted by Gasteiger charge is 2.52. The molecule has 24 heavy (non-hydrogen) atoms. The Balaban J connectivity index is 2.35. The van der Waals surface area contributed by atoms with Crippen LogP contribution in [0.2, 0.25) is 10.0 Å². The van der Waals surface area contributed by atoms with Gasteiger partial charge in [0.15, 0.2) is 0 Å². The van der Waals surface area contributed by atoms with Crippen LogP contribution >= 0.6 is 23.2 Å². The quantitative estimate of drug-likeness (QED) is 0.600. The number of carbonyl (C=O) groups excluding carboxylic acids is 1. The number of hydrogen-bond donors (Lipinski definition) is 0. The van der Waals surface area contributed by atoms with Gasteiger partial charge in [0.25, 0.3) is 5.91 Å². The van der Waals surface area contributed by atoms with E-state index < -0.39 is 49.6 Å². The molecule has 1 aromatic rings. The van der Waals surface area contributed by atoms with E-state index in [9.17, 15) is 31.1 Å². The lowest BCUT2D eigenvalue weighted by molar-refractivity contribution is -0.226. The molecule has 134 valence electrons. The largest absolute Gasteiger partial charge is 0.393 e. The minimum atomic E-state index is -4.84. The molecule has 1 fully saturated rings. The zero-order valence-corrected chi connectivity index (χ0v) is 13.4. The van der Waals surface area contributed by atoms with Crippen molar-refractivity contribution in [1.29, 1.82) is 0 Å². The molecule has 0 aromatic heterocycles. The summed E-state index contributed by atoms with van der Waals surface area (Å²) in [6, 6.07) is 3.98. The summed E-state index contributed by atoms with van der Waals surface area (Å²) in [6.45, 7) is -1.73. The summed E-state index contributed by atoms with van der Waals surface area (Å²) >= 11 is 11.6. The van der Waals surface area contributed by atoms with Crippen molar-refractivity contribution in [3.05, 3.63) is 33.8 Å². The predicted molar refractivity (Wildman–Crippen MR) is 76.1 cm³/mol. The molecular weight excluding hydrogens is 383 g/mol. The Bertz CT molecular complexity index is 588. The molecule has 10 heteroatoms. The summed E-state index contributed by atoms with van der Waals surface area (Å²) < 4.78 is 77.7. The molecule has 0 bridgehead atoms. The van der Waals surface area contributed by atoms with Gasteiger partial charge in [0.1, 0.15) is 0 Å². The first-order chi connectivity index (χ1) is 10.9. The van der Waals surface area contributed by atoms with Crippen molar-refractivity contribution in [2.75, 3.05) is 13.1 Å². The molecule has 2 nitrogen and oxygen atoms in total. The molecular formula is C14H11Cl2F6NO. The van der Waals surface area contributed by atoms with Crippen molar-refractivity contribution in [2.45, 2.75) is 18.8 Å². The molecule has 1 amide bonds. The standard InChI is InChI=1S/C14H11Cl2F6NO/c15-9-2-1-3-10(16)11(9)12(24)23-5-7(13(17,18)19)4-8(6-23)14(20,21)22/h1-3,7-8H,4-6H2/t7-,8-/m1/s1. The Hall–Kier alpha value is -1.15. The maximum absolute atomic E-state index is 12.9. The number of halogens is 8. The summed E-state index contributed by atoms with van der Waals surface area (Å²) in [5.74, 6) is -5.57. The van der Waals surface area contributed by atoms with E-state index in [4.69, 9.17) is 23.2 Å². The minimum Gasteiger partial charge on any atom is -0.337 e. The second-order valence-corrected chi connectivity index (χ2v) is 6.33. The van der Waals surface area contributed by atoms with Gasteiger partial charge in [0, 0.05) is 13.1 Å². The van der Waals surface area contributed by atoms with Gasteiger partial charge in [-0.3, -0.25) is 4.79 Å². The zero-order chi connectivity index (χ0) is 18.3. The molecule has 0 saturated carbocycles. The van der Waals surface area contributed by atoms with Crippen molar-refractivity contribution in [1.82, 2.24) is 4.90 Å². The molecule has 0 aliphatic carbocycles. The van der Waals surface area contributed by atoms with Crippen LogP contribution in [0.15, 0.2) is 18.2 Å². The number of benzene rings is 1. The normalized spacial score (nSPS) is 22.6. The number of likely N-dealkylation sites (tertiary alicyclic amines) is 1. The molecule has 0 spiro atoms. The van der Waals surface area contributed by atoms with Gasteiger partial charge in [-0.05, 0) is 18.6 Å². The third kappa shape index (κ3) is 4.08. The van der Waals surface area contributed by atoms with Gasteiger partial charge >= 0.3 is 12.4 Å². The van der Waals surface area contributed by atoms with Crippen LogP contribution in [0, 0.1) is 11.8 Å². The van der Waals surface area contributed by atoms with Crippen molar-refractivity contribution in [3.63, 3.8) is 0 Å². The Labute approximate surface area is 143 Å². The van der Waals surface area contributed by atoms with Crippen molar-refractivity contribution < 1.29 is 31.1 Å². The van der Waals surface area contributed by atoms with E-state index >= 15 is 0 Å². The number of amides is 1. The minimum absolute atomic E-state index is 0.134. The van der Waals surface area contributed by atoms with E-state index in [1.165, 1.54) is 18.2 Å². The first-order valence-electron chi connectivity index (χ1n) is 6.78.